The molecule has 2 aromatic carbocycles. The van der Waals surface area contributed by atoms with Gasteiger partial charge in [-0.15, -0.1) is 0 Å². The fraction of sp³-hybridized carbons (Fsp3) is 0.125. The molecule has 0 aromatic heterocycles. The summed E-state index contributed by atoms with van der Waals surface area (Å²) < 4.78 is 49.1. The van der Waals surface area contributed by atoms with E-state index in [9.17, 15) is 22.2 Å². The van der Waals surface area contributed by atoms with Crippen LogP contribution in [0.5, 0.6) is 0 Å². The highest BCUT2D eigenvalue weighted by Crippen LogP contribution is 2.27. The number of carbonyl (C=O) groups is 1. The number of aryl methyl sites for hydroxylation is 1. The van der Waals surface area contributed by atoms with Crippen LogP contribution < -0.4 is 16.8 Å². The van der Waals surface area contributed by atoms with Gasteiger partial charge in [-0.2, -0.15) is 13.2 Å². The van der Waals surface area contributed by atoms with Gasteiger partial charge >= 0.3 is 5.51 Å². The number of benzene rings is 2. The Hall–Kier alpha value is -2.88. The van der Waals surface area contributed by atoms with E-state index in [0.29, 0.717) is 11.4 Å². The molecule has 0 radical (unpaired) electrons. The quantitative estimate of drug-likeness (QED) is 0.556. The SMILES string of the molecule is Cc1ccc(NC(=O)c2cccc(S(=O)C(F)(F)F)c2)cc1N=C(N)N. The van der Waals surface area contributed by atoms with Crippen molar-refractivity contribution in [3.63, 3.8) is 0 Å². The third kappa shape index (κ3) is 4.82. The maximum absolute atomic E-state index is 12.6. The van der Waals surface area contributed by atoms with Crippen molar-refractivity contribution in [1.29, 1.82) is 0 Å². The van der Waals surface area contributed by atoms with Gasteiger partial charge < -0.3 is 16.8 Å². The summed E-state index contributed by atoms with van der Waals surface area (Å²) in [7, 11) is -3.21. The van der Waals surface area contributed by atoms with E-state index in [0.717, 1.165) is 17.7 Å². The number of hydrogen-bond donors (Lipinski definition) is 3. The first-order chi connectivity index (χ1) is 12.1. The molecule has 138 valence electrons. The van der Waals surface area contributed by atoms with Crippen molar-refractivity contribution in [3.05, 3.63) is 53.6 Å². The highest BCUT2D eigenvalue weighted by molar-refractivity contribution is 7.86. The third-order valence-electron chi connectivity index (χ3n) is 3.24. The molecule has 0 aliphatic heterocycles. The summed E-state index contributed by atoms with van der Waals surface area (Å²) in [4.78, 5) is 15.7. The molecule has 0 aliphatic carbocycles. The molecule has 10 heteroatoms. The van der Waals surface area contributed by atoms with Gasteiger partial charge in [0.05, 0.1) is 5.69 Å². The average molecular weight is 384 g/mol. The Morgan fingerprint density at radius 1 is 1.15 bits per heavy atom. The van der Waals surface area contributed by atoms with Gasteiger partial charge in [-0.05, 0) is 42.8 Å². The smallest absolute Gasteiger partial charge is 0.370 e. The zero-order valence-electron chi connectivity index (χ0n) is 13.5. The molecule has 2 aromatic rings. The minimum Gasteiger partial charge on any atom is -0.370 e. The molecule has 0 spiro atoms. The van der Waals surface area contributed by atoms with Crippen LogP contribution in [-0.2, 0) is 10.8 Å². The van der Waals surface area contributed by atoms with E-state index < -0.39 is 27.1 Å². The van der Waals surface area contributed by atoms with Crippen LogP contribution in [0, 0.1) is 6.92 Å². The number of nitrogens with zero attached hydrogens (tertiary/aromatic N) is 1. The molecule has 1 atom stereocenters. The summed E-state index contributed by atoms with van der Waals surface area (Å²) in [5.74, 6) is -0.815. The lowest BCUT2D eigenvalue weighted by atomic mass is 10.1. The summed E-state index contributed by atoms with van der Waals surface area (Å²) in [6.07, 6.45) is 0. The molecule has 0 bridgehead atoms. The first kappa shape index (κ1) is 19.4. The second kappa shape index (κ2) is 7.56. The number of amides is 1. The highest BCUT2D eigenvalue weighted by atomic mass is 32.2. The molecule has 0 fully saturated rings. The number of aliphatic imine (C=N–C) groups is 1. The molecule has 0 aliphatic rings. The number of hydrogen-bond acceptors (Lipinski definition) is 3. The van der Waals surface area contributed by atoms with E-state index in [1.165, 1.54) is 18.2 Å². The topological polar surface area (TPSA) is 111 Å². The first-order valence-electron chi connectivity index (χ1n) is 7.18. The summed E-state index contributed by atoms with van der Waals surface area (Å²) in [6.45, 7) is 1.77. The lowest BCUT2D eigenvalue weighted by Crippen LogP contribution is -2.22. The number of carbonyl (C=O) groups excluding carboxylic acids is 1. The highest BCUT2D eigenvalue weighted by Gasteiger charge is 2.38. The molecule has 6 nitrogen and oxygen atoms in total. The molecule has 5 N–H and O–H groups in total. The van der Waals surface area contributed by atoms with Crippen molar-refractivity contribution < 1.29 is 22.2 Å². The van der Waals surface area contributed by atoms with Crippen LogP contribution in [0.15, 0.2) is 52.4 Å². The van der Waals surface area contributed by atoms with E-state index in [1.807, 2.05) is 0 Å². The van der Waals surface area contributed by atoms with E-state index in [-0.39, 0.29) is 11.5 Å². The molecule has 1 amide bonds. The second-order valence-corrected chi connectivity index (χ2v) is 6.71. The van der Waals surface area contributed by atoms with Crippen LogP contribution in [0.4, 0.5) is 24.5 Å². The Morgan fingerprint density at radius 3 is 2.46 bits per heavy atom. The Balaban J connectivity index is 2.26. The van der Waals surface area contributed by atoms with Gasteiger partial charge in [0.1, 0.15) is 0 Å². The lowest BCUT2D eigenvalue weighted by Gasteiger charge is -2.10. The Labute approximate surface area is 149 Å². The maximum atomic E-state index is 12.6. The van der Waals surface area contributed by atoms with E-state index in [2.05, 4.69) is 10.3 Å². The van der Waals surface area contributed by atoms with Crippen LogP contribution in [0.2, 0.25) is 0 Å². The summed E-state index contributed by atoms with van der Waals surface area (Å²) in [6, 6.07) is 9.31. The number of guanidine groups is 1. The monoisotopic (exact) mass is 384 g/mol. The van der Waals surface area contributed by atoms with Crippen LogP contribution in [0.3, 0.4) is 0 Å². The van der Waals surface area contributed by atoms with Gasteiger partial charge in [-0.25, -0.2) is 9.20 Å². The maximum Gasteiger partial charge on any atom is 0.475 e. The fourth-order valence-electron chi connectivity index (χ4n) is 2.04. The van der Waals surface area contributed by atoms with Gasteiger partial charge in [0.25, 0.3) is 5.91 Å². The Bertz CT molecular complexity index is 893. The van der Waals surface area contributed by atoms with Crippen LogP contribution in [-0.4, -0.2) is 21.6 Å². The number of nitrogens with two attached hydrogens (primary N) is 2. The number of alkyl halides is 3. The van der Waals surface area contributed by atoms with Crippen molar-refractivity contribution in [1.82, 2.24) is 0 Å². The van der Waals surface area contributed by atoms with Crippen LogP contribution in [0.1, 0.15) is 15.9 Å². The Kier molecular flexibility index (Phi) is 5.66. The molecule has 1 unspecified atom stereocenters. The van der Waals surface area contributed by atoms with Gasteiger partial charge in [0.15, 0.2) is 16.8 Å². The van der Waals surface area contributed by atoms with Crippen molar-refractivity contribution in [2.24, 2.45) is 16.5 Å². The summed E-state index contributed by atoms with van der Waals surface area (Å²) >= 11 is 0. The lowest BCUT2D eigenvalue weighted by molar-refractivity contribution is -0.0384. The molecule has 0 saturated carbocycles. The standard InChI is InChI=1S/C16H15F3N4O2S/c1-9-5-6-11(8-13(9)23-15(20)21)22-14(24)10-3-2-4-12(7-10)26(25)16(17,18)19/h2-8H,1H3,(H,22,24)(H4,20,21,23). The van der Waals surface area contributed by atoms with E-state index in [4.69, 9.17) is 11.5 Å². The van der Waals surface area contributed by atoms with Gasteiger partial charge in [-0.3, -0.25) is 4.79 Å². The summed E-state index contributed by atoms with van der Waals surface area (Å²) in [5.41, 5.74) is 7.26. The number of halogens is 3. The predicted octanol–water partition coefficient (Wildman–Crippen LogP) is 2.78. The van der Waals surface area contributed by atoms with E-state index in [1.54, 1.807) is 19.1 Å². The summed E-state index contributed by atoms with van der Waals surface area (Å²) in [5, 5.41) is 2.53. The molecule has 2 rings (SSSR count). The Morgan fingerprint density at radius 2 is 1.85 bits per heavy atom. The zero-order valence-corrected chi connectivity index (χ0v) is 14.3. The second-order valence-electron chi connectivity index (χ2n) is 5.23. The predicted molar refractivity (Wildman–Crippen MR) is 93.5 cm³/mol. The number of rotatable bonds is 4. The molecule has 0 saturated heterocycles. The average Bonchev–Trinajstić information content (AvgIpc) is 2.56. The van der Waals surface area contributed by atoms with Crippen molar-refractivity contribution in [2.45, 2.75) is 17.3 Å². The fourth-order valence-corrected chi connectivity index (χ4v) is 2.74. The molecular formula is C16H15F3N4O2S. The zero-order chi connectivity index (χ0) is 19.5. The third-order valence-corrected chi connectivity index (χ3v) is 4.34. The van der Waals surface area contributed by atoms with Gasteiger partial charge in [0.2, 0.25) is 0 Å². The minimum atomic E-state index is -4.90. The van der Waals surface area contributed by atoms with Gasteiger partial charge in [0, 0.05) is 16.1 Å². The van der Waals surface area contributed by atoms with E-state index >= 15 is 0 Å². The number of anilines is 1. The van der Waals surface area contributed by atoms with Crippen LogP contribution in [0.25, 0.3) is 0 Å². The molecule has 0 heterocycles. The largest absolute Gasteiger partial charge is 0.475 e. The molecular weight excluding hydrogens is 369 g/mol. The first-order valence-corrected chi connectivity index (χ1v) is 8.33. The minimum absolute atomic E-state index is 0.0657. The van der Waals surface area contributed by atoms with Gasteiger partial charge in [-0.1, -0.05) is 12.1 Å². The number of nitrogens with one attached hydrogen (secondary N) is 1. The van der Waals surface area contributed by atoms with Crippen molar-refractivity contribution in [2.75, 3.05) is 5.32 Å². The van der Waals surface area contributed by atoms with Crippen molar-refractivity contribution in [3.8, 4) is 0 Å². The normalized spacial score (nSPS) is 12.3. The molecule has 26 heavy (non-hydrogen) atoms. The van der Waals surface area contributed by atoms with Crippen molar-refractivity contribution >= 4 is 34.0 Å². The van der Waals surface area contributed by atoms with Crippen LogP contribution >= 0.6 is 0 Å².